The number of carbonyl (C=O) groups excluding carboxylic acids is 1. The Morgan fingerprint density at radius 2 is 1.85 bits per heavy atom. The Morgan fingerprint density at radius 3 is 2.40 bits per heavy atom. The van der Waals surface area contributed by atoms with E-state index < -0.39 is 0 Å². The zero-order chi connectivity index (χ0) is 14.8. The van der Waals surface area contributed by atoms with E-state index in [1.54, 1.807) is 6.07 Å². The zero-order valence-electron chi connectivity index (χ0n) is 12.7. The molecule has 112 valence electrons. The Labute approximate surface area is 122 Å². The van der Waals surface area contributed by atoms with Crippen molar-refractivity contribution in [1.82, 2.24) is 4.90 Å². The van der Waals surface area contributed by atoms with Crippen molar-refractivity contribution in [3.8, 4) is 0 Å². The van der Waals surface area contributed by atoms with Gasteiger partial charge in [0.25, 0.3) is 0 Å². The molecule has 3 N–H and O–H groups in total. The third-order valence-corrected chi connectivity index (χ3v) is 3.19. The van der Waals surface area contributed by atoms with E-state index in [2.05, 4.69) is 24.1 Å². The molecule has 0 fully saturated rings. The highest BCUT2D eigenvalue weighted by atomic mass is 16.2. The van der Waals surface area contributed by atoms with Gasteiger partial charge in [0, 0.05) is 11.4 Å². The zero-order valence-corrected chi connectivity index (χ0v) is 12.7. The SMILES string of the molecule is CCCCN(CCCC)CC(=O)Nc1cccc(N)c1. The monoisotopic (exact) mass is 277 g/mol. The van der Waals surface area contributed by atoms with Crippen LogP contribution in [0.3, 0.4) is 0 Å². The molecule has 1 aromatic rings. The minimum Gasteiger partial charge on any atom is -0.399 e. The molecule has 0 aliphatic carbocycles. The predicted molar refractivity (Wildman–Crippen MR) is 85.7 cm³/mol. The largest absolute Gasteiger partial charge is 0.399 e. The number of nitrogen functional groups attached to an aromatic ring is 1. The maximum Gasteiger partial charge on any atom is 0.238 e. The van der Waals surface area contributed by atoms with Gasteiger partial charge in [-0.1, -0.05) is 32.8 Å². The van der Waals surface area contributed by atoms with Crippen LogP contribution in [0.5, 0.6) is 0 Å². The number of nitrogens with zero attached hydrogens (tertiary/aromatic N) is 1. The summed E-state index contributed by atoms with van der Waals surface area (Å²) in [5.41, 5.74) is 7.13. The molecule has 1 rings (SSSR count). The number of nitrogens with two attached hydrogens (primary N) is 1. The molecule has 0 bridgehead atoms. The van der Waals surface area contributed by atoms with Gasteiger partial charge in [-0.2, -0.15) is 0 Å². The highest BCUT2D eigenvalue weighted by Gasteiger charge is 2.10. The number of anilines is 2. The van der Waals surface area contributed by atoms with E-state index in [1.165, 1.54) is 0 Å². The van der Waals surface area contributed by atoms with Crippen LogP contribution in [-0.2, 0) is 4.79 Å². The van der Waals surface area contributed by atoms with E-state index in [1.807, 2.05) is 18.2 Å². The number of rotatable bonds is 9. The molecule has 0 saturated carbocycles. The highest BCUT2D eigenvalue weighted by Crippen LogP contribution is 2.11. The average molecular weight is 277 g/mol. The molecule has 0 unspecified atom stereocenters. The Hall–Kier alpha value is -1.55. The van der Waals surface area contributed by atoms with Crippen LogP contribution in [0.2, 0.25) is 0 Å². The first-order valence-corrected chi connectivity index (χ1v) is 7.53. The third kappa shape index (κ3) is 6.57. The van der Waals surface area contributed by atoms with Gasteiger partial charge >= 0.3 is 0 Å². The number of nitrogens with one attached hydrogen (secondary N) is 1. The minimum atomic E-state index is 0.0304. The Bertz CT molecular complexity index is 398. The third-order valence-electron chi connectivity index (χ3n) is 3.19. The second kappa shape index (κ2) is 9.37. The molecule has 0 aromatic heterocycles. The smallest absolute Gasteiger partial charge is 0.238 e. The van der Waals surface area contributed by atoms with Crippen LogP contribution in [0.1, 0.15) is 39.5 Å². The maximum absolute atomic E-state index is 12.1. The van der Waals surface area contributed by atoms with E-state index in [-0.39, 0.29) is 5.91 Å². The molecule has 4 heteroatoms. The van der Waals surface area contributed by atoms with Crippen LogP contribution in [0, 0.1) is 0 Å². The fraction of sp³-hybridized carbons (Fsp3) is 0.562. The van der Waals surface area contributed by atoms with Crippen molar-refractivity contribution in [2.24, 2.45) is 0 Å². The van der Waals surface area contributed by atoms with Crippen LogP contribution < -0.4 is 11.1 Å². The standard InChI is InChI=1S/C16H27N3O/c1-3-5-10-19(11-6-4-2)13-16(20)18-15-9-7-8-14(17)12-15/h7-9,12H,3-6,10-11,13,17H2,1-2H3,(H,18,20). The van der Waals surface area contributed by atoms with Crippen molar-refractivity contribution >= 4 is 17.3 Å². The summed E-state index contributed by atoms with van der Waals surface area (Å²) in [6.45, 7) is 6.77. The molecule has 1 aromatic carbocycles. The van der Waals surface area contributed by atoms with Crippen LogP contribution in [0.4, 0.5) is 11.4 Å². The van der Waals surface area contributed by atoms with Crippen molar-refractivity contribution in [1.29, 1.82) is 0 Å². The summed E-state index contributed by atoms with van der Waals surface area (Å²) >= 11 is 0. The summed E-state index contributed by atoms with van der Waals surface area (Å²) < 4.78 is 0. The molecule has 0 aliphatic heterocycles. The van der Waals surface area contributed by atoms with Gasteiger partial charge in [-0.15, -0.1) is 0 Å². The molecule has 20 heavy (non-hydrogen) atoms. The Kier molecular flexibility index (Phi) is 7.73. The number of unbranched alkanes of at least 4 members (excludes halogenated alkanes) is 2. The normalized spacial score (nSPS) is 10.8. The lowest BCUT2D eigenvalue weighted by Crippen LogP contribution is -2.34. The summed E-state index contributed by atoms with van der Waals surface area (Å²) in [6.07, 6.45) is 4.57. The number of hydrogen-bond donors (Lipinski definition) is 2. The average Bonchev–Trinajstić information content (AvgIpc) is 2.41. The second-order valence-corrected chi connectivity index (χ2v) is 5.16. The summed E-state index contributed by atoms with van der Waals surface area (Å²) in [5, 5.41) is 2.91. The van der Waals surface area contributed by atoms with Crippen LogP contribution in [0.25, 0.3) is 0 Å². The molecule has 0 radical (unpaired) electrons. The molecule has 0 atom stereocenters. The number of carbonyl (C=O) groups is 1. The van der Waals surface area contributed by atoms with Crippen molar-refractivity contribution in [3.63, 3.8) is 0 Å². The lowest BCUT2D eigenvalue weighted by atomic mass is 10.2. The van der Waals surface area contributed by atoms with Gasteiger partial charge in [-0.05, 0) is 44.1 Å². The number of amides is 1. The Balaban J connectivity index is 2.47. The molecule has 0 saturated heterocycles. The quantitative estimate of drug-likeness (QED) is 0.682. The summed E-state index contributed by atoms with van der Waals surface area (Å²) in [7, 11) is 0. The first-order valence-electron chi connectivity index (χ1n) is 7.53. The summed E-state index contributed by atoms with van der Waals surface area (Å²) in [6, 6.07) is 7.29. The lowest BCUT2D eigenvalue weighted by Gasteiger charge is -2.21. The van der Waals surface area contributed by atoms with Gasteiger partial charge in [-0.3, -0.25) is 9.69 Å². The van der Waals surface area contributed by atoms with E-state index >= 15 is 0 Å². The van der Waals surface area contributed by atoms with Gasteiger partial charge in [0.15, 0.2) is 0 Å². The number of hydrogen-bond acceptors (Lipinski definition) is 3. The lowest BCUT2D eigenvalue weighted by molar-refractivity contribution is -0.117. The molecule has 0 aliphatic rings. The van der Waals surface area contributed by atoms with Gasteiger partial charge in [0.2, 0.25) is 5.91 Å². The van der Waals surface area contributed by atoms with E-state index in [0.717, 1.165) is 44.5 Å². The highest BCUT2D eigenvalue weighted by molar-refractivity contribution is 5.92. The minimum absolute atomic E-state index is 0.0304. The van der Waals surface area contributed by atoms with E-state index in [9.17, 15) is 4.79 Å². The van der Waals surface area contributed by atoms with Gasteiger partial charge in [-0.25, -0.2) is 0 Å². The molecule has 0 spiro atoms. The first-order chi connectivity index (χ1) is 9.65. The molecule has 1 amide bonds. The fourth-order valence-corrected chi connectivity index (χ4v) is 2.05. The van der Waals surface area contributed by atoms with Crippen molar-refractivity contribution in [3.05, 3.63) is 24.3 Å². The number of benzene rings is 1. The van der Waals surface area contributed by atoms with Gasteiger partial charge < -0.3 is 11.1 Å². The van der Waals surface area contributed by atoms with Gasteiger partial charge in [0.1, 0.15) is 0 Å². The van der Waals surface area contributed by atoms with Crippen molar-refractivity contribution < 1.29 is 4.79 Å². The summed E-state index contributed by atoms with van der Waals surface area (Å²) in [5.74, 6) is 0.0304. The van der Waals surface area contributed by atoms with Gasteiger partial charge in [0.05, 0.1) is 6.54 Å². The second-order valence-electron chi connectivity index (χ2n) is 5.16. The predicted octanol–water partition coefficient (Wildman–Crippen LogP) is 3.11. The fourth-order valence-electron chi connectivity index (χ4n) is 2.05. The van der Waals surface area contributed by atoms with E-state index in [4.69, 9.17) is 5.73 Å². The molecule has 4 nitrogen and oxygen atoms in total. The topological polar surface area (TPSA) is 58.4 Å². The van der Waals surface area contributed by atoms with Crippen LogP contribution in [0.15, 0.2) is 24.3 Å². The van der Waals surface area contributed by atoms with Crippen LogP contribution in [-0.4, -0.2) is 30.4 Å². The molecule has 0 heterocycles. The van der Waals surface area contributed by atoms with Crippen LogP contribution >= 0.6 is 0 Å². The van der Waals surface area contributed by atoms with Crippen molar-refractivity contribution in [2.45, 2.75) is 39.5 Å². The molecular formula is C16H27N3O. The van der Waals surface area contributed by atoms with Crippen molar-refractivity contribution in [2.75, 3.05) is 30.7 Å². The maximum atomic E-state index is 12.1. The Morgan fingerprint density at radius 1 is 1.20 bits per heavy atom. The molecular weight excluding hydrogens is 250 g/mol. The van der Waals surface area contributed by atoms with E-state index in [0.29, 0.717) is 12.2 Å². The summed E-state index contributed by atoms with van der Waals surface area (Å²) in [4.78, 5) is 14.3. The first kappa shape index (κ1) is 16.5.